The van der Waals surface area contributed by atoms with Crippen molar-refractivity contribution in [2.75, 3.05) is 19.0 Å². The molecular weight excluding hydrogens is 196 g/mol. The Balaban J connectivity index is 3.21. The van der Waals surface area contributed by atoms with Crippen LogP contribution in [0.3, 0.4) is 0 Å². The lowest BCUT2D eigenvalue weighted by Crippen LogP contribution is -2.12. The van der Waals surface area contributed by atoms with Crippen LogP contribution in [0.2, 0.25) is 0 Å². The molecule has 0 aliphatic heterocycles. The average Bonchev–Trinajstić information content (AvgIpc) is 2.17. The van der Waals surface area contributed by atoms with Gasteiger partial charge >= 0.3 is 0 Å². The lowest BCUT2D eigenvalue weighted by molar-refractivity contribution is -0.385. The van der Waals surface area contributed by atoms with Crippen LogP contribution in [0, 0.1) is 21.4 Å². The minimum absolute atomic E-state index is 0.0575. The molecule has 0 bridgehead atoms. The number of anilines is 1. The van der Waals surface area contributed by atoms with Gasteiger partial charge in [-0.3, -0.25) is 10.1 Å². The van der Waals surface area contributed by atoms with Crippen molar-refractivity contribution >= 4 is 11.5 Å². The second-order valence-electron chi connectivity index (χ2n) is 3.12. The van der Waals surface area contributed by atoms with Gasteiger partial charge in [0.2, 0.25) is 0 Å². The highest BCUT2D eigenvalue weighted by atomic mass is 16.6. The Morgan fingerprint density at radius 1 is 1.60 bits per heavy atom. The molecule has 0 aliphatic carbocycles. The molecule has 1 aromatic heterocycles. The van der Waals surface area contributed by atoms with Crippen molar-refractivity contribution < 1.29 is 4.92 Å². The highest BCUT2D eigenvalue weighted by Crippen LogP contribution is 2.20. The first-order valence-electron chi connectivity index (χ1n) is 4.25. The van der Waals surface area contributed by atoms with Crippen molar-refractivity contribution in [1.82, 2.24) is 4.98 Å². The summed E-state index contributed by atoms with van der Waals surface area (Å²) in [7, 11) is 3.56. The summed E-state index contributed by atoms with van der Waals surface area (Å²) in [5.74, 6) is 0.603. The highest BCUT2D eigenvalue weighted by Gasteiger charge is 2.15. The molecule has 0 saturated carbocycles. The summed E-state index contributed by atoms with van der Waals surface area (Å²) in [6, 6.07) is 4.78. The largest absolute Gasteiger partial charge is 0.363 e. The minimum atomic E-state index is -0.529. The molecule has 0 unspecified atom stereocenters. The third kappa shape index (κ3) is 2.40. The zero-order valence-corrected chi connectivity index (χ0v) is 8.47. The van der Waals surface area contributed by atoms with Gasteiger partial charge in [-0.1, -0.05) is 0 Å². The molecule has 0 amide bonds. The first-order valence-corrected chi connectivity index (χ1v) is 4.25. The van der Waals surface area contributed by atoms with Crippen LogP contribution in [0.5, 0.6) is 0 Å². The molecule has 78 valence electrons. The summed E-state index contributed by atoms with van der Waals surface area (Å²) in [5.41, 5.74) is 0.0934. The molecule has 0 aliphatic rings. The van der Waals surface area contributed by atoms with E-state index in [1.807, 2.05) is 6.07 Å². The summed E-state index contributed by atoms with van der Waals surface area (Å²) >= 11 is 0. The molecule has 0 fully saturated rings. The number of hydrogen-bond acceptors (Lipinski definition) is 5. The number of hydrogen-bond donors (Lipinski definition) is 0. The van der Waals surface area contributed by atoms with Crippen molar-refractivity contribution in [3.8, 4) is 6.07 Å². The molecule has 1 heterocycles. The van der Waals surface area contributed by atoms with Gasteiger partial charge in [0.25, 0.3) is 5.69 Å². The van der Waals surface area contributed by atoms with Gasteiger partial charge in [-0.05, 0) is 6.07 Å². The van der Waals surface area contributed by atoms with Crippen molar-refractivity contribution in [3.63, 3.8) is 0 Å². The van der Waals surface area contributed by atoms with Crippen LogP contribution in [0.1, 0.15) is 5.69 Å². The van der Waals surface area contributed by atoms with Crippen LogP contribution in [0.4, 0.5) is 11.5 Å². The third-order valence-electron chi connectivity index (χ3n) is 1.84. The summed E-state index contributed by atoms with van der Waals surface area (Å²) in [6.45, 7) is 0. The third-order valence-corrected chi connectivity index (χ3v) is 1.84. The quantitative estimate of drug-likeness (QED) is 0.546. The van der Waals surface area contributed by atoms with Gasteiger partial charge in [0.1, 0.15) is 11.5 Å². The van der Waals surface area contributed by atoms with E-state index in [1.165, 1.54) is 6.07 Å². The van der Waals surface area contributed by atoms with Crippen LogP contribution in [-0.2, 0) is 6.42 Å². The molecule has 6 nitrogen and oxygen atoms in total. The fourth-order valence-corrected chi connectivity index (χ4v) is 1.10. The Hall–Kier alpha value is -2.16. The minimum Gasteiger partial charge on any atom is -0.363 e. The van der Waals surface area contributed by atoms with Crippen molar-refractivity contribution in [3.05, 3.63) is 27.9 Å². The van der Waals surface area contributed by atoms with Gasteiger partial charge in [0.15, 0.2) is 0 Å². The number of pyridine rings is 1. The molecule has 1 rings (SSSR count). The summed E-state index contributed by atoms with van der Waals surface area (Å²) in [4.78, 5) is 15.9. The van der Waals surface area contributed by atoms with Crippen molar-refractivity contribution in [2.45, 2.75) is 6.42 Å². The number of aromatic nitrogens is 1. The van der Waals surface area contributed by atoms with E-state index in [0.29, 0.717) is 5.82 Å². The van der Waals surface area contributed by atoms with Crippen LogP contribution < -0.4 is 4.90 Å². The number of nitriles is 1. The summed E-state index contributed by atoms with van der Waals surface area (Å²) in [5, 5.41) is 19.1. The van der Waals surface area contributed by atoms with Crippen LogP contribution in [-0.4, -0.2) is 24.0 Å². The highest BCUT2D eigenvalue weighted by molar-refractivity contribution is 5.47. The van der Waals surface area contributed by atoms with Gasteiger partial charge in [0, 0.05) is 20.2 Å². The maximum absolute atomic E-state index is 10.6. The Labute approximate surface area is 86.9 Å². The average molecular weight is 206 g/mol. The molecule has 0 aromatic carbocycles. The van der Waals surface area contributed by atoms with Gasteiger partial charge < -0.3 is 4.90 Å². The van der Waals surface area contributed by atoms with E-state index in [1.54, 1.807) is 25.1 Å². The van der Waals surface area contributed by atoms with E-state index in [2.05, 4.69) is 4.98 Å². The van der Waals surface area contributed by atoms with Crippen molar-refractivity contribution in [2.24, 2.45) is 0 Å². The maximum Gasteiger partial charge on any atom is 0.291 e. The van der Waals surface area contributed by atoms with E-state index in [-0.39, 0.29) is 17.8 Å². The number of nitro groups is 1. The first-order chi connectivity index (χ1) is 7.06. The molecule has 0 radical (unpaired) electrons. The lowest BCUT2D eigenvalue weighted by atomic mass is 10.2. The van der Waals surface area contributed by atoms with E-state index in [9.17, 15) is 10.1 Å². The Morgan fingerprint density at radius 2 is 2.27 bits per heavy atom. The number of rotatable bonds is 3. The second kappa shape index (κ2) is 4.37. The standard InChI is InChI=1S/C9H10N4O2/c1-12(2)9-4-3-8(13(14)15)7(11-9)5-6-10/h3-4H,5H2,1-2H3. The zero-order chi connectivity index (χ0) is 11.4. The maximum atomic E-state index is 10.6. The fraction of sp³-hybridized carbons (Fsp3) is 0.333. The first kappa shape index (κ1) is 10.9. The van der Waals surface area contributed by atoms with Crippen LogP contribution >= 0.6 is 0 Å². The Kier molecular flexibility index (Phi) is 3.18. The van der Waals surface area contributed by atoms with E-state index >= 15 is 0 Å². The molecule has 6 heteroatoms. The van der Waals surface area contributed by atoms with Gasteiger partial charge in [-0.2, -0.15) is 5.26 Å². The molecule has 0 spiro atoms. The predicted molar refractivity (Wildman–Crippen MR) is 54.5 cm³/mol. The van der Waals surface area contributed by atoms with E-state index in [0.717, 1.165) is 0 Å². The van der Waals surface area contributed by atoms with Crippen molar-refractivity contribution in [1.29, 1.82) is 5.26 Å². The predicted octanol–water partition coefficient (Wildman–Crippen LogP) is 1.12. The monoisotopic (exact) mass is 206 g/mol. The van der Waals surface area contributed by atoms with Gasteiger partial charge in [-0.15, -0.1) is 0 Å². The fourth-order valence-electron chi connectivity index (χ4n) is 1.10. The van der Waals surface area contributed by atoms with Gasteiger partial charge in [-0.25, -0.2) is 4.98 Å². The smallest absolute Gasteiger partial charge is 0.291 e. The normalized spacial score (nSPS) is 9.40. The lowest BCUT2D eigenvalue weighted by Gasteiger charge is -2.11. The molecular formula is C9H10N4O2. The SMILES string of the molecule is CN(C)c1ccc([N+](=O)[O-])c(CC#N)n1. The Bertz CT molecular complexity index is 423. The molecule has 0 saturated heterocycles. The van der Waals surface area contributed by atoms with Gasteiger partial charge in [0.05, 0.1) is 17.4 Å². The molecule has 0 atom stereocenters. The molecule has 15 heavy (non-hydrogen) atoms. The summed E-state index contributed by atoms with van der Waals surface area (Å²) in [6.07, 6.45) is -0.0575. The number of nitrogens with zero attached hydrogens (tertiary/aromatic N) is 4. The Morgan fingerprint density at radius 3 is 2.73 bits per heavy atom. The zero-order valence-electron chi connectivity index (χ0n) is 8.47. The summed E-state index contributed by atoms with van der Waals surface area (Å²) < 4.78 is 0. The van der Waals surface area contributed by atoms with E-state index in [4.69, 9.17) is 5.26 Å². The van der Waals surface area contributed by atoms with Crippen LogP contribution in [0.15, 0.2) is 12.1 Å². The molecule has 0 N–H and O–H groups in total. The molecule has 1 aromatic rings. The van der Waals surface area contributed by atoms with E-state index < -0.39 is 4.92 Å². The second-order valence-corrected chi connectivity index (χ2v) is 3.12. The van der Waals surface area contributed by atoms with Crippen LogP contribution in [0.25, 0.3) is 0 Å². The topological polar surface area (TPSA) is 83.1 Å².